The molecule has 0 radical (unpaired) electrons. The summed E-state index contributed by atoms with van der Waals surface area (Å²) in [5, 5.41) is 14.5. The Morgan fingerprint density at radius 3 is 1.20 bits per heavy atom. The maximum atomic E-state index is 2.84. The van der Waals surface area contributed by atoms with E-state index in [2.05, 4.69) is 195 Å². The first-order valence-corrected chi connectivity index (χ1v) is 34.2. The summed E-state index contributed by atoms with van der Waals surface area (Å²) in [5.74, 6) is 0. The van der Waals surface area contributed by atoms with Gasteiger partial charge in [0.1, 0.15) is 0 Å². The molecule has 0 spiro atoms. The normalized spacial score (nSPS) is 19.4. The van der Waals surface area contributed by atoms with Crippen LogP contribution in [0, 0.1) is 0 Å². The molecule has 1 heterocycles. The van der Waals surface area contributed by atoms with Crippen molar-refractivity contribution in [3.63, 3.8) is 0 Å². The van der Waals surface area contributed by atoms with Crippen LogP contribution < -0.4 is 0 Å². The number of benzene rings is 8. The van der Waals surface area contributed by atoms with Gasteiger partial charge in [-0.05, 0) is 0 Å². The van der Waals surface area contributed by atoms with Gasteiger partial charge in [0.05, 0.1) is 0 Å². The number of hydrogen-bond acceptors (Lipinski definition) is 0. The van der Waals surface area contributed by atoms with Crippen LogP contribution in [0.3, 0.4) is 0 Å². The van der Waals surface area contributed by atoms with Gasteiger partial charge < -0.3 is 0 Å². The average Bonchev–Trinajstić information content (AvgIpc) is 3.76. The number of rotatable bonds is 4. The van der Waals surface area contributed by atoms with Gasteiger partial charge in [-0.3, -0.25) is 0 Å². The molecule has 3 aliphatic rings. The van der Waals surface area contributed by atoms with E-state index in [1.165, 1.54) is 54.2 Å². The zero-order chi connectivity index (χ0) is 38.1. The van der Waals surface area contributed by atoms with Crippen LogP contribution in [-0.2, 0) is 20.0 Å². The van der Waals surface area contributed by atoms with E-state index in [9.17, 15) is 0 Å². The van der Waals surface area contributed by atoms with Crippen molar-refractivity contribution in [2.45, 2.75) is 55.5 Å². The average molecular weight is 904 g/mol. The maximum absolute atomic E-state index is 3.69. The predicted molar refractivity (Wildman–Crippen MR) is 243 cm³/mol. The molecule has 4 bridgehead atoms. The Labute approximate surface area is 336 Å². The first kappa shape index (κ1) is 34.6. The molecule has 0 fully saturated rings. The van der Waals surface area contributed by atoms with Crippen molar-refractivity contribution in [1.29, 1.82) is 0 Å². The summed E-state index contributed by atoms with van der Waals surface area (Å²) in [7, 11) is -2.67. The van der Waals surface area contributed by atoms with E-state index < -0.39 is 28.0 Å². The first-order valence-electron chi connectivity index (χ1n) is 20.7. The molecule has 8 aromatic carbocycles. The fourth-order valence-electron chi connectivity index (χ4n) is 12.5. The van der Waals surface area contributed by atoms with Crippen molar-refractivity contribution >= 4 is 72.7 Å². The standard InChI is InChI=1S/C52H42Si.2CH3.Hf/c1-33(2)53(34(3)4,51-43-23-11-7-17-39(43)31-47(51)45-25-13-19-37-29-27-35-15-5-9-21-41(35)49(37)45)52-44-24-12-8-18-40(44)32-48(52)46-26-14-20-38-30-28-36-16-6-10-22-42(36)50(38)46;;;/h5-34H,1-4H3;2*1H3;. The van der Waals surface area contributed by atoms with Crippen LogP contribution in [0.2, 0.25) is 20.4 Å². The topological polar surface area (TPSA) is 0 Å². The molecule has 2 heteroatoms. The molecule has 0 amide bonds. The molecular formula is C54H48HfSi. The van der Waals surface area contributed by atoms with E-state index in [1.54, 1.807) is 43.8 Å². The van der Waals surface area contributed by atoms with Gasteiger partial charge in [0.25, 0.3) is 0 Å². The van der Waals surface area contributed by atoms with Gasteiger partial charge >= 0.3 is 339 Å². The molecule has 0 N–H and O–H groups in total. The number of fused-ring (bicyclic) bond motifs is 14. The molecule has 56 heavy (non-hydrogen) atoms. The molecule has 0 saturated heterocycles. The van der Waals surface area contributed by atoms with Gasteiger partial charge in [0.15, 0.2) is 0 Å². The van der Waals surface area contributed by atoms with E-state index in [0.717, 1.165) is 0 Å². The molecule has 272 valence electrons. The third-order valence-electron chi connectivity index (χ3n) is 14.5. The van der Waals surface area contributed by atoms with E-state index in [-0.39, 0.29) is 0 Å². The van der Waals surface area contributed by atoms with Gasteiger partial charge in [0.2, 0.25) is 0 Å². The van der Waals surface area contributed by atoms with E-state index in [0.29, 0.717) is 18.4 Å². The Morgan fingerprint density at radius 1 is 0.393 bits per heavy atom. The minimum absolute atomic E-state index is 0.419. The van der Waals surface area contributed by atoms with E-state index in [4.69, 9.17) is 0 Å². The van der Waals surface area contributed by atoms with Crippen molar-refractivity contribution in [2.75, 3.05) is 0 Å². The van der Waals surface area contributed by atoms with Crippen LogP contribution in [0.1, 0.15) is 68.4 Å². The zero-order valence-corrected chi connectivity index (χ0v) is 37.9. The fourth-order valence-corrected chi connectivity index (χ4v) is 36.5. The summed E-state index contributed by atoms with van der Waals surface area (Å²) in [5.41, 5.74) is 13.7. The Morgan fingerprint density at radius 2 is 0.750 bits per heavy atom. The molecule has 11 rings (SSSR count). The van der Waals surface area contributed by atoms with Gasteiger partial charge in [-0.1, -0.05) is 0 Å². The van der Waals surface area contributed by atoms with Crippen LogP contribution in [0.15, 0.2) is 158 Å². The minimum atomic E-state index is -3.69. The van der Waals surface area contributed by atoms with Gasteiger partial charge in [-0.25, -0.2) is 0 Å². The summed E-state index contributed by atoms with van der Waals surface area (Å²) in [4.78, 5) is 0. The summed E-state index contributed by atoms with van der Waals surface area (Å²) < 4.78 is 6.52. The van der Waals surface area contributed by atoms with Crippen LogP contribution in [0.4, 0.5) is 0 Å². The summed E-state index contributed by atoms with van der Waals surface area (Å²) in [6, 6.07) is 61.7. The zero-order valence-electron chi connectivity index (χ0n) is 33.3. The predicted octanol–water partition coefficient (Wildman–Crippen LogP) is 15.5. The Kier molecular flexibility index (Phi) is 7.68. The van der Waals surface area contributed by atoms with Gasteiger partial charge in [-0.15, -0.1) is 0 Å². The van der Waals surface area contributed by atoms with Crippen LogP contribution in [0.25, 0.3) is 64.6 Å². The third-order valence-corrected chi connectivity index (χ3v) is 35.8. The quantitative estimate of drug-likeness (QED) is 0.122. The summed E-state index contributed by atoms with van der Waals surface area (Å²) in [6.07, 6.45) is 0. The number of hydrogen-bond donors (Lipinski definition) is 0. The monoisotopic (exact) mass is 904 g/mol. The molecule has 1 aliphatic heterocycles. The van der Waals surface area contributed by atoms with Crippen LogP contribution in [0.5, 0.6) is 0 Å². The molecule has 0 aromatic heterocycles. The second kappa shape index (κ2) is 12.4. The van der Waals surface area contributed by atoms with Crippen molar-refractivity contribution in [1.82, 2.24) is 0 Å². The summed E-state index contributed by atoms with van der Waals surface area (Å²) in [6.45, 7) is 10.4. The van der Waals surface area contributed by atoms with Crippen LogP contribution in [-0.4, -0.2) is 8.07 Å². The second-order valence-corrected chi connectivity index (χ2v) is 40.3. The summed E-state index contributed by atoms with van der Waals surface area (Å²) >= 11 is -3.69. The van der Waals surface area contributed by atoms with Crippen molar-refractivity contribution < 1.29 is 20.0 Å². The molecule has 0 saturated carbocycles. The molecule has 2 atom stereocenters. The SMILES string of the molecule is CC(C)[Si]1(C(C)C)C2=C(c3cccc4ccc5ccccc5c34)[CH](c3ccccc32)[Hf]([CH3])([CH3])[CH]2C(c3cccc4ccc5ccccc5c34)=C1c1ccccc12. The molecule has 8 aromatic rings. The molecular weight excluding hydrogens is 855 g/mol. The van der Waals surface area contributed by atoms with E-state index in [1.807, 2.05) is 0 Å². The Bertz CT molecular complexity index is 2830. The Balaban J connectivity index is 1.39. The van der Waals surface area contributed by atoms with E-state index >= 15 is 0 Å². The van der Waals surface area contributed by atoms with Crippen LogP contribution >= 0.6 is 0 Å². The van der Waals surface area contributed by atoms with Gasteiger partial charge in [-0.2, -0.15) is 0 Å². The first-order chi connectivity index (χ1) is 27.2. The second-order valence-electron chi connectivity index (χ2n) is 18.0. The number of allylic oxidation sites excluding steroid dienone is 2. The molecule has 2 aliphatic carbocycles. The Hall–Kier alpha value is -4.63. The molecule has 0 nitrogen and oxygen atoms in total. The van der Waals surface area contributed by atoms with Crippen molar-refractivity contribution in [3.8, 4) is 0 Å². The third kappa shape index (κ3) is 4.44. The fraction of sp³-hybridized carbons (Fsp3) is 0.185. The van der Waals surface area contributed by atoms with Crippen molar-refractivity contribution in [2.24, 2.45) is 0 Å². The van der Waals surface area contributed by atoms with Gasteiger partial charge in [0, 0.05) is 0 Å². The van der Waals surface area contributed by atoms with Crippen molar-refractivity contribution in [3.05, 3.63) is 191 Å². The molecule has 2 unspecified atom stereocenters.